The Kier molecular flexibility index (Phi) is 12.9. The van der Waals surface area contributed by atoms with Crippen molar-refractivity contribution in [1.82, 2.24) is 0 Å². The second kappa shape index (κ2) is 17.6. The van der Waals surface area contributed by atoms with Gasteiger partial charge < -0.3 is 0 Å². The van der Waals surface area contributed by atoms with Gasteiger partial charge in [-0.2, -0.15) is 0 Å². The van der Waals surface area contributed by atoms with Crippen molar-refractivity contribution in [2.75, 3.05) is 12.3 Å². The van der Waals surface area contributed by atoms with Gasteiger partial charge in [0.25, 0.3) is 0 Å². The molecule has 57 heavy (non-hydrogen) atoms. The molecule has 6 aromatic rings. The molecule has 0 atom stereocenters. The Morgan fingerprint density at radius 2 is 0.596 bits per heavy atom. The van der Waals surface area contributed by atoms with Gasteiger partial charge in [0.1, 0.15) is 0 Å². The number of benzene rings is 6. The van der Waals surface area contributed by atoms with Crippen molar-refractivity contribution in [1.29, 1.82) is 0 Å². The van der Waals surface area contributed by atoms with Crippen LogP contribution in [0.4, 0.5) is 0 Å². The molecule has 6 rings (SSSR count). The molecular weight excluding hydrogens is 775 g/mol. The summed E-state index contributed by atoms with van der Waals surface area (Å²) >= 11 is 0. The number of hydrogen-bond donors (Lipinski definition) is 2. The molecule has 0 amide bonds. The molecule has 0 heterocycles. The predicted molar refractivity (Wildman–Crippen MR) is 234 cm³/mol. The van der Waals surface area contributed by atoms with E-state index in [0.717, 1.165) is 0 Å². The minimum atomic E-state index is -5.13. The van der Waals surface area contributed by atoms with Crippen LogP contribution in [0.3, 0.4) is 0 Å². The molecule has 0 saturated heterocycles. The third kappa shape index (κ3) is 8.09. The summed E-state index contributed by atoms with van der Waals surface area (Å²) in [5.41, 5.74) is 0. The van der Waals surface area contributed by atoms with E-state index in [1.807, 2.05) is 182 Å². The van der Waals surface area contributed by atoms with Gasteiger partial charge in [-0.15, -0.1) is 0 Å². The van der Waals surface area contributed by atoms with Gasteiger partial charge in [-0.1, -0.05) is 0 Å². The van der Waals surface area contributed by atoms with Gasteiger partial charge in [-0.3, -0.25) is 0 Å². The van der Waals surface area contributed by atoms with E-state index in [-0.39, 0.29) is 38.0 Å². The molecule has 0 saturated carbocycles. The molecule has 0 unspecified atom stereocenters. The number of unbranched alkanes of at least 4 members (excludes halogenated alkanes) is 2. The normalized spacial score (nSPS) is 13.4. The van der Waals surface area contributed by atoms with Gasteiger partial charge in [0.05, 0.1) is 0 Å². The molecule has 0 aliphatic carbocycles. The average molecular weight is 823 g/mol. The van der Waals surface area contributed by atoms with Crippen molar-refractivity contribution in [3.63, 3.8) is 0 Å². The summed E-state index contributed by atoms with van der Waals surface area (Å²) in [6.45, 7) is -9.36. The van der Waals surface area contributed by atoms with Crippen molar-refractivity contribution in [3.8, 4) is 0 Å². The maximum atomic E-state index is 16.0. The van der Waals surface area contributed by atoms with E-state index < -0.39 is 36.0 Å². The van der Waals surface area contributed by atoms with Crippen LogP contribution in [0.15, 0.2) is 182 Å². The Bertz CT molecular complexity index is 1990. The number of carboxylic acids is 2. The van der Waals surface area contributed by atoms with Crippen LogP contribution in [0.1, 0.15) is 38.5 Å². The fourth-order valence-corrected chi connectivity index (χ4v) is 24.3. The third-order valence-corrected chi connectivity index (χ3v) is 25.6. The van der Waals surface area contributed by atoms with Crippen LogP contribution in [0.2, 0.25) is 0 Å². The summed E-state index contributed by atoms with van der Waals surface area (Å²) in [6, 6.07) is 56.2. The first-order valence-corrected chi connectivity index (χ1v) is 25.0. The quantitative estimate of drug-likeness (QED) is 0.0594. The minimum absolute atomic E-state index is 0.100. The molecule has 2 N–H and O–H groups in total. The zero-order valence-electron chi connectivity index (χ0n) is 31.6. The van der Waals surface area contributed by atoms with E-state index >= 15 is 8.42 Å². The van der Waals surface area contributed by atoms with Crippen molar-refractivity contribution in [3.05, 3.63) is 182 Å². The monoisotopic (exact) mass is 822 g/mol. The molecule has 0 bridgehead atoms. The Balaban J connectivity index is 1.71. The molecule has 0 aromatic heterocycles. The van der Waals surface area contributed by atoms with E-state index in [2.05, 4.69) is 0 Å². The molecule has 11 heteroatoms. The van der Waals surface area contributed by atoms with Gasteiger partial charge in [0, 0.05) is 0 Å². The summed E-state index contributed by atoms with van der Waals surface area (Å²) in [6.07, 6.45) is 1.34. The van der Waals surface area contributed by atoms with Crippen LogP contribution in [0.5, 0.6) is 0 Å². The van der Waals surface area contributed by atoms with Gasteiger partial charge in [0.2, 0.25) is 0 Å². The van der Waals surface area contributed by atoms with Crippen LogP contribution < -0.4 is 31.8 Å². The summed E-state index contributed by atoms with van der Waals surface area (Å²) in [4.78, 5) is 23.6. The zero-order valence-corrected chi connectivity index (χ0v) is 34.2. The zero-order chi connectivity index (χ0) is 40.3. The van der Waals surface area contributed by atoms with E-state index in [1.165, 1.54) is 0 Å². The van der Waals surface area contributed by atoms with Crippen LogP contribution in [-0.4, -0.2) is 42.9 Å². The van der Waals surface area contributed by atoms with Gasteiger partial charge in [-0.25, -0.2) is 0 Å². The van der Waals surface area contributed by atoms with E-state index in [0.29, 0.717) is 44.7 Å². The summed E-state index contributed by atoms with van der Waals surface area (Å²) < 4.78 is 46.5. The molecule has 8 nitrogen and oxygen atoms in total. The number of carboxylic acid groups (broad SMARTS) is 2. The molecule has 0 radical (unpaired) electrons. The SMILES string of the molecule is O=C(O)CCCCP(OS(=O)(=O)OP(CCCCC(=O)O)(c1ccccc1)(c1ccccc1)c1ccccc1)(c1ccccc1)(c1ccccc1)c1ccccc1. The molecule has 0 aliphatic rings. The number of carbonyl (C=O) groups is 2. The van der Waals surface area contributed by atoms with Crippen molar-refractivity contribution in [2.24, 2.45) is 0 Å². The maximum absolute atomic E-state index is 16.0. The number of rotatable bonds is 20. The number of aliphatic carboxylic acids is 2. The fraction of sp³-hybridized carbons (Fsp3) is 0.174. The van der Waals surface area contributed by atoms with Crippen LogP contribution in [0.25, 0.3) is 0 Å². The standard InChI is InChI=1S/C46H48O8P2S/c47-45(48)35-19-21-37-55(39-23-7-1-8-24-39,40-25-9-2-10-26-40,41-27-11-3-12-28-41)53-57(51,52)54-56(38-22-20-36-46(49)50,42-29-13-4-14-30-42,43-31-15-5-16-32-43)44-33-17-6-18-34-44/h1-18,23-34H,19-22,35-38H2,(H,47,48)(H,49,50). The molecular formula is C46H48O8P2S. The summed E-state index contributed by atoms with van der Waals surface area (Å²) in [5.74, 6) is -1.89. The van der Waals surface area contributed by atoms with E-state index in [9.17, 15) is 19.8 Å². The molecule has 0 spiro atoms. The summed E-state index contributed by atoms with van der Waals surface area (Å²) in [5, 5.41) is 23.2. The average Bonchev–Trinajstić information content (AvgIpc) is 3.25. The van der Waals surface area contributed by atoms with Crippen molar-refractivity contribution < 1.29 is 36.2 Å². The Morgan fingerprint density at radius 3 is 0.789 bits per heavy atom. The van der Waals surface area contributed by atoms with Crippen molar-refractivity contribution in [2.45, 2.75) is 38.5 Å². The molecule has 0 aliphatic heterocycles. The molecule has 6 aromatic carbocycles. The second-order valence-electron chi connectivity index (χ2n) is 14.1. The summed E-state index contributed by atoms with van der Waals surface area (Å²) in [7, 11) is -5.13. The molecule has 296 valence electrons. The Morgan fingerprint density at radius 1 is 0.386 bits per heavy atom. The first-order chi connectivity index (χ1) is 27.5. The van der Waals surface area contributed by atoms with Crippen LogP contribution in [0, 0.1) is 0 Å². The first kappa shape index (κ1) is 41.6. The number of hydrogen-bond acceptors (Lipinski definition) is 6. The first-order valence-electron chi connectivity index (χ1n) is 19.0. The van der Waals surface area contributed by atoms with E-state index in [4.69, 9.17) is 7.94 Å². The topological polar surface area (TPSA) is 127 Å². The van der Waals surface area contributed by atoms with Gasteiger partial charge in [-0.05, 0) is 0 Å². The fourth-order valence-electron chi connectivity index (χ4n) is 8.26. The second-order valence-corrected chi connectivity index (χ2v) is 25.0. The van der Waals surface area contributed by atoms with E-state index in [1.54, 1.807) is 0 Å². The molecule has 0 fully saturated rings. The van der Waals surface area contributed by atoms with Crippen LogP contribution in [-0.2, 0) is 27.9 Å². The Hall–Kier alpha value is -5.01. The van der Waals surface area contributed by atoms with Gasteiger partial charge in [0.15, 0.2) is 0 Å². The predicted octanol–water partition coefficient (Wildman–Crippen LogP) is 7.66. The van der Waals surface area contributed by atoms with Crippen LogP contribution >= 0.6 is 13.7 Å². The van der Waals surface area contributed by atoms with Gasteiger partial charge >= 0.3 is 337 Å². The van der Waals surface area contributed by atoms with Crippen molar-refractivity contribution >= 4 is 67.8 Å². The third-order valence-electron chi connectivity index (χ3n) is 10.8. The Labute approximate surface area is 335 Å².